The van der Waals surface area contributed by atoms with Gasteiger partial charge in [-0.05, 0) is 38.5 Å². The second kappa shape index (κ2) is 5.76. The molecule has 0 aliphatic carbocycles. The van der Waals surface area contributed by atoms with Gasteiger partial charge in [-0.3, -0.25) is 4.79 Å². The summed E-state index contributed by atoms with van der Waals surface area (Å²) in [6.07, 6.45) is 0.568. The minimum absolute atomic E-state index is 0.218. The van der Waals surface area contributed by atoms with Crippen molar-refractivity contribution >= 4 is 32.6 Å². The number of hydrogen-bond acceptors (Lipinski definition) is 5. The summed E-state index contributed by atoms with van der Waals surface area (Å²) in [4.78, 5) is 16.4. The number of carbonyl (C=O) groups is 1. The van der Waals surface area contributed by atoms with E-state index < -0.39 is 5.54 Å². The second-order valence-corrected chi connectivity index (χ2v) is 5.84. The third-order valence-electron chi connectivity index (χ3n) is 3.14. The standard InChI is InChI=1S/C14H19N3O2S/c1-4-14(3,15)12(18)17-13-16-10-7-6-9(19-5-2)8-11(10)20-13/h6-8H,4-5,15H2,1-3H3,(H,16,17,18). The number of hydrogen-bond donors (Lipinski definition) is 2. The van der Waals surface area contributed by atoms with Crippen molar-refractivity contribution < 1.29 is 9.53 Å². The molecule has 1 aromatic heterocycles. The van der Waals surface area contributed by atoms with Crippen LogP contribution in [0.5, 0.6) is 5.75 Å². The van der Waals surface area contributed by atoms with E-state index in [0.717, 1.165) is 16.0 Å². The molecule has 6 heteroatoms. The molecule has 0 bridgehead atoms. The molecule has 0 radical (unpaired) electrons. The van der Waals surface area contributed by atoms with Crippen LogP contribution in [0.4, 0.5) is 5.13 Å². The normalized spacial score (nSPS) is 14.0. The zero-order valence-corrected chi connectivity index (χ0v) is 12.7. The maximum atomic E-state index is 12.0. The maximum absolute atomic E-state index is 12.0. The van der Waals surface area contributed by atoms with Crippen LogP contribution in [0.3, 0.4) is 0 Å². The van der Waals surface area contributed by atoms with Crippen molar-refractivity contribution in [3.63, 3.8) is 0 Å². The van der Waals surface area contributed by atoms with Gasteiger partial charge >= 0.3 is 0 Å². The van der Waals surface area contributed by atoms with Gasteiger partial charge in [-0.25, -0.2) is 4.98 Å². The molecule has 2 rings (SSSR count). The van der Waals surface area contributed by atoms with E-state index in [1.807, 2.05) is 32.0 Å². The summed E-state index contributed by atoms with van der Waals surface area (Å²) < 4.78 is 6.42. The first-order chi connectivity index (χ1) is 9.46. The lowest BCUT2D eigenvalue weighted by Crippen LogP contribution is -2.47. The SMILES string of the molecule is CCOc1ccc2nc(NC(=O)C(C)(N)CC)sc2c1. The Morgan fingerprint density at radius 2 is 2.25 bits per heavy atom. The Hall–Kier alpha value is -1.66. The number of nitrogens with two attached hydrogens (primary N) is 1. The van der Waals surface area contributed by atoms with Gasteiger partial charge in [-0.15, -0.1) is 0 Å². The maximum Gasteiger partial charge on any atom is 0.245 e. The highest BCUT2D eigenvalue weighted by atomic mass is 32.1. The molecule has 5 nitrogen and oxygen atoms in total. The molecular weight excluding hydrogens is 274 g/mol. The minimum atomic E-state index is -0.881. The molecular formula is C14H19N3O2S. The van der Waals surface area contributed by atoms with E-state index in [-0.39, 0.29) is 5.91 Å². The van der Waals surface area contributed by atoms with Gasteiger partial charge in [0, 0.05) is 0 Å². The lowest BCUT2D eigenvalue weighted by Gasteiger charge is -2.20. The van der Waals surface area contributed by atoms with Crippen LogP contribution in [0.1, 0.15) is 27.2 Å². The van der Waals surface area contributed by atoms with Crippen LogP contribution in [0.2, 0.25) is 0 Å². The summed E-state index contributed by atoms with van der Waals surface area (Å²) in [5, 5.41) is 3.34. The van der Waals surface area contributed by atoms with Gasteiger partial charge < -0.3 is 15.8 Å². The van der Waals surface area contributed by atoms with Crippen molar-refractivity contribution in [3.8, 4) is 5.75 Å². The summed E-state index contributed by atoms with van der Waals surface area (Å²) in [5.74, 6) is 0.586. The third-order valence-corrected chi connectivity index (χ3v) is 4.08. The highest BCUT2D eigenvalue weighted by Gasteiger charge is 2.26. The van der Waals surface area contributed by atoms with E-state index >= 15 is 0 Å². The van der Waals surface area contributed by atoms with Crippen molar-refractivity contribution in [1.29, 1.82) is 0 Å². The number of thiazole rings is 1. The van der Waals surface area contributed by atoms with Gasteiger partial charge in [0.2, 0.25) is 5.91 Å². The van der Waals surface area contributed by atoms with Gasteiger partial charge in [0.15, 0.2) is 5.13 Å². The molecule has 0 saturated carbocycles. The summed E-state index contributed by atoms with van der Waals surface area (Å²) in [6.45, 7) is 6.15. The summed E-state index contributed by atoms with van der Waals surface area (Å²) in [6, 6.07) is 5.68. The van der Waals surface area contributed by atoms with Gasteiger partial charge in [0.05, 0.1) is 22.4 Å². The molecule has 0 fully saturated rings. The zero-order valence-electron chi connectivity index (χ0n) is 11.9. The van der Waals surface area contributed by atoms with E-state index in [4.69, 9.17) is 10.5 Å². The average molecular weight is 293 g/mol. The Kier molecular flexibility index (Phi) is 4.25. The molecule has 0 aliphatic rings. The summed E-state index contributed by atoms with van der Waals surface area (Å²) >= 11 is 1.41. The first-order valence-electron chi connectivity index (χ1n) is 6.60. The van der Waals surface area contributed by atoms with E-state index in [1.54, 1.807) is 6.92 Å². The van der Waals surface area contributed by atoms with Gasteiger partial charge in [0.25, 0.3) is 0 Å². The number of anilines is 1. The number of nitrogens with zero attached hydrogens (tertiary/aromatic N) is 1. The van der Waals surface area contributed by atoms with Crippen LogP contribution in [-0.2, 0) is 4.79 Å². The molecule has 3 N–H and O–H groups in total. The van der Waals surface area contributed by atoms with Crippen molar-refractivity contribution in [2.75, 3.05) is 11.9 Å². The predicted octanol–water partition coefficient (Wildman–Crippen LogP) is 2.76. The summed E-state index contributed by atoms with van der Waals surface area (Å²) in [5.41, 5.74) is 5.87. The van der Waals surface area contributed by atoms with Crippen molar-refractivity contribution in [3.05, 3.63) is 18.2 Å². The minimum Gasteiger partial charge on any atom is -0.494 e. The van der Waals surface area contributed by atoms with Crippen LogP contribution in [0.15, 0.2) is 18.2 Å². The van der Waals surface area contributed by atoms with Crippen molar-refractivity contribution in [2.45, 2.75) is 32.7 Å². The van der Waals surface area contributed by atoms with Gasteiger partial charge in [-0.2, -0.15) is 0 Å². The first-order valence-corrected chi connectivity index (χ1v) is 7.41. The fourth-order valence-electron chi connectivity index (χ4n) is 1.62. The number of fused-ring (bicyclic) bond motifs is 1. The van der Waals surface area contributed by atoms with Crippen LogP contribution >= 0.6 is 11.3 Å². The number of carbonyl (C=O) groups excluding carboxylic acids is 1. The fraction of sp³-hybridized carbons (Fsp3) is 0.429. The van der Waals surface area contributed by atoms with Crippen LogP contribution in [0.25, 0.3) is 10.2 Å². The Bertz CT molecular complexity index is 622. The molecule has 108 valence electrons. The van der Waals surface area contributed by atoms with Crippen LogP contribution < -0.4 is 15.8 Å². The van der Waals surface area contributed by atoms with E-state index in [2.05, 4.69) is 10.3 Å². The smallest absolute Gasteiger partial charge is 0.245 e. The zero-order chi connectivity index (χ0) is 14.8. The molecule has 20 heavy (non-hydrogen) atoms. The van der Waals surface area contributed by atoms with E-state index in [0.29, 0.717) is 18.2 Å². The molecule has 0 saturated heterocycles. The van der Waals surface area contributed by atoms with E-state index in [1.165, 1.54) is 11.3 Å². The highest BCUT2D eigenvalue weighted by Crippen LogP contribution is 2.29. The second-order valence-electron chi connectivity index (χ2n) is 4.81. The molecule has 0 aliphatic heterocycles. The van der Waals surface area contributed by atoms with Crippen molar-refractivity contribution in [2.24, 2.45) is 5.73 Å². The first kappa shape index (κ1) is 14.7. The van der Waals surface area contributed by atoms with Crippen molar-refractivity contribution in [1.82, 2.24) is 4.98 Å². The molecule has 1 heterocycles. The number of rotatable bonds is 5. The fourth-order valence-corrected chi connectivity index (χ4v) is 2.50. The highest BCUT2D eigenvalue weighted by molar-refractivity contribution is 7.22. The molecule has 2 aromatic rings. The lowest BCUT2D eigenvalue weighted by atomic mass is 10.00. The van der Waals surface area contributed by atoms with Crippen LogP contribution in [0, 0.1) is 0 Å². The molecule has 1 aromatic carbocycles. The number of aromatic nitrogens is 1. The monoisotopic (exact) mass is 293 g/mol. The average Bonchev–Trinajstić information content (AvgIpc) is 2.80. The predicted molar refractivity (Wildman–Crippen MR) is 82.3 cm³/mol. The Balaban J connectivity index is 2.22. The quantitative estimate of drug-likeness (QED) is 0.888. The Morgan fingerprint density at radius 3 is 2.90 bits per heavy atom. The molecule has 1 atom stereocenters. The molecule has 1 unspecified atom stereocenters. The van der Waals surface area contributed by atoms with Crippen LogP contribution in [-0.4, -0.2) is 23.0 Å². The topological polar surface area (TPSA) is 77.2 Å². The van der Waals surface area contributed by atoms with E-state index in [9.17, 15) is 4.79 Å². The largest absolute Gasteiger partial charge is 0.494 e. The lowest BCUT2D eigenvalue weighted by molar-refractivity contribution is -0.120. The van der Waals surface area contributed by atoms with Gasteiger partial charge in [-0.1, -0.05) is 18.3 Å². The number of nitrogens with one attached hydrogen (secondary N) is 1. The number of ether oxygens (including phenoxy) is 1. The molecule has 1 amide bonds. The Morgan fingerprint density at radius 1 is 1.50 bits per heavy atom. The third kappa shape index (κ3) is 3.08. The number of benzene rings is 1. The van der Waals surface area contributed by atoms with Gasteiger partial charge in [0.1, 0.15) is 5.75 Å². The summed E-state index contributed by atoms with van der Waals surface area (Å²) in [7, 11) is 0. The Labute approximate surface area is 122 Å². The molecule has 0 spiro atoms. The number of amides is 1.